The minimum atomic E-state index is -3.09. The van der Waals surface area contributed by atoms with Crippen LogP contribution in [0.25, 0.3) is 0 Å². The smallest absolute Gasteiger partial charge is 0.227 e. The molecule has 1 atom stereocenters. The molecule has 3 heterocycles. The highest BCUT2D eigenvalue weighted by Gasteiger charge is 2.42. The number of ether oxygens (including phenoxy) is 1. The van der Waals surface area contributed by atoms with Crippen molar-refractivity contribution >= 4 is 15.7 Å². The first kappa shape index (κ1) is 18.9. The summed E-state index contributed by atoms with van der Waals surface area (Å²) in [4.78, 5) is 24.6. The zero-order chi connectivity index (χ0) is 18.9. The van der Waals surface area contributed by atoms with E-state index in [9.17, 15) is 23.1 Å². The molecule has 144 valence electrons. The highest BCUT2D eigenvalue weighted by Crippen LogP contribution is 2.41. The standard InChI is InChI=1S/C17H23NO7S/c1-11-8-13(19)15(21)16(25-11)17(3-5-24-6-4-17)9-14(20)18-12-2-7-26(22,23)10-12/h8,12,21H,2-7,9-10H2,1H3,(H,18,20). The van der Waals surface area contributed by atoms with Crippen LogP contribution in [0, 0.1) is 6.92 Å². The Morgan fingerprint density at radius 3 is 2.69 bits per heavy atom. The van der Waals surface area contributed by atoms with E-state index in [1.165, 1.54) is 6.07 Å². The molecule has 2 saturated heterocycles. The summed E-state index contributed by atoms with van der Waals surface area (Å²) in [6, 6.07) is 0.803. The summed E-state index contributed by atoms with van der Waals surface area (Å²) in [6.07, 6.45) is 1.23. The fraction of sp³-hybridized carbons (Fsp3) is 0.647. The Kier molecular flexibility index (Phi) is 5.12. The second-order valence-electron chi connectivity index (χ2n) is 7.14. The van der Waals surface area contributed by atoms with E-state index < -0.39 is 32.5 Å². The molecule has 1 unspecified atom stereocenters. The van der Waals surface area contributed by atoms with Crippen molar-refractivity contribution in [3.05, 3.63) is 27.8 Å². The molecule has 2 aliphatic heterocycles. The van der Waals surface area contributed by atoms with Gasteiger partial charge in [-0.25, -0.2) is 8.42 Å². The van der Waals surface area contributed by atoms with E-state index in [1.807, 2.05) is 0 Å². The summed E-state index contributed by atoms with van der Waals surface area (Å²) in [7, 11) is -3.09. The van der Waals surface area contributed by atoms with Gasteiger partial charge in [0.05, 0.1) is 11.5 Å². The lowest BCUT2D eigenvalue weighted by atomic mass is 9.74. The third-order valence-corrected chi connectivity index (χ3v) is 6.84. The number of aryl methyl sites for hydroxylation is 1. The SMILES string of the molecule is Cc1cc(=O)c(O)c(C2(CC(=O)NC3CCS(=O)(=O)C3)CCOCC2)o1. The van der Waals surface area contributed by atoms with Crippen molar-refractivity contribution in [3.8, 4) is 5.75 Å². The van der Waals surface area contributed by atoms with Gasteiger partial charge in [-0.3, -0.25) is 9.59 Å². The molecular formula is C17H23NO7S. The van der Waals surface area contributed by atoms with Gasteiger partial charge in [0.25, 0.3) is 0 Å². The number of carbonyl (C=O) groups is 1. The van der Waals surface area contributed by atoms with Crippen molar-refractivity contribution in [1.82, 2.24) is 5.32 Å². The maximum absolute atomic E-state index is 12.6. The summed E-state index contributed by atoms with van der Waals surface area (Å²) < 4.78 is 34.2. The number of sulfone groups is 1. The van der Waals surface area contributed by atoms with E-state index in [0.717, 1.165) is 0 Å². The third-order valence-electron chi connectivity index (χ3n) is 5.07. The Bertz CT molecular complexity index is 852. The Morgan fingerprint density at radius 2 is 2.08 bits per heavy atom. The van der Waals surface area contributed by atoms with Crippen molar-refractivity contribution in [2.45, 2.75) is 44.1 Å². The second-order valence-corrected chi connectivity index (χ2v) is 9.36. The van der Waals surface area contributed by atoms with Crippen LogP contribution < -0.4 is 10.7 Å². The fourth-order valence-electron chi connectivity index (χ4n) is 3.70. The van der Waals surface area contributed by atoms with Crippen LogP contribution in [0.15, 0.2) is 15.3 Å². The van der Waals surface area contributed by atoms with Crippen molar-refractivity contribution < 1.29 is 27.5 Å². The molecule has 8 nitrogen and oxygen atoms in total. The van der Waals surface area contributed by atoms with Crippen molar-refractivity contribution in [2.75, 3.05) is 24.7 Å². The first-order valence-corrected chi connectivity index (χ1v) is 10.4. The molecule has 0 saturated carbocycles. The van der Waals surface area contributed by atoms with E-state index in [1.54, 1.807) is 6.92 Å². The first-order chi connectivity index (χ1) is 12.2. The second kappa shape index (κ2) is 7.03. The van der Waals surface area contributed by atoms with Gasteiger partial charge >= 0.3 is 0 Å². The normalized spacial score (nSPS) is 24.3. The molecule has 2 N–H and O–H groups in total. The van der Waals surface area contributed by atoms with E-state index in [-0.39, 0.29) is 29.6 Å². The van der Waals surface area contributed by atoms with E-state index in [0.29, 0.717) is 38.2 Å². The van der Waals surface area contributed by atoms with Crippen LogP contribution in [-0.2, 0) is 24.8 Å². The lowest BCUT2D eigenvalue weighted by Crippen LogP contribution is -2.43. The van der Waals surface area contributed by atoms with Gasteiger partial charge in [0.15, 0.2) is 15.6 Å². The van der Waals surface area contributed by atoms with Gasteiger partial charge in [0.1, 0.15) is 5.76 Å². The molecule has 0 spiro atoms. The van der Waals surface area contributed by atoms with Gasteiger partial charge in [-0.1, -0.05) is 0 Å². The molecule has 1 aromatic rings. The van der Waals surface area contributed by atoms with Crippen LogP contribution in [0.3, 0.4) is 0 Å². The number of hydrogen-bond acceptors (Lipinski definition) is 7. The van der Waals surface area contributed by atoms with Crippen LogP contribution in [0.5, 0.6) is 5.75 Å². The van der Waals surface area contributed by atoms with E-state index in [2.05, 4.69) is 5.32 Å². The van der Waals surface area contributed by atoms with Crippen LogP contribution >= 0.6 is 0 Å². The molecule has 1 amide bonds. The summed E-state index contributed by atoms with van der Waals surface area (Å²) >= 11 is 0. The number of carbonyl (C=O) groups excluding carboxylic acids is 1. The maximum atomic E-state index is 12.6. The van der Waals surface area contributed by atoms with Crippen molar-refractivity contribution in [1.29, 1.82) is 0 Å². The minimum Gasteiger partial charge on any atom is -0.502 e. The average molecular weight is 385 g/mol. The lowest BCUT2D eigenvalue weighted by Gasteiger charge is -2.36. The Labute approximate surface area is 151 Å². The fourth-order valence-corrected chi connectivity index (χ4v) is 5.38. The Morgan fingerprint density at radius 1 is 1.38 bits per heavy atom. The van der Waals surface area contributed by atoms with Gasteiger partial charge in [-0.2, -0.15) is 0 Å². The molecule has 0 aromatic carbocycles. The highest BCUT2D eigenvalue weighted by atomic mass is 32.2. The molecule has 0 bridgehead atoms. The molecular weight excluding hydrogens is 362 g/mol. The number of amides is 1. The molecule has 26 heavy (non-hydrogen) atoms. The number of rotatable bonds is 4. The molecule has 2 fully saturated rings. The van der Waals surface area contributed by atoms with Crippen molar-refractivity contribution in [3.63, 3.8) is 0 Å². The first-order valence-electron chi connectivity index (χ1n) is 8.62. The molecule has 1 aromatic heterocycles. The summed E-state index contributed by atoms with van der Waals surface area (Å²) in [5, 5.41) is 13.0. The predicted octanol–water partition coefficient (Wildman–Crippen LogP) is 0.395. The Balaban J connectivity index is 1.85. The third kappa shape index (κ3) is 3.93. The maximum Gasteiger partial charge on any atom is 0.227 e. The summed E-state index contributed by atoms with van der Waals surface area (Å²) in [6.45, 7) is 2.37. The topological polar surface area (TPSA) is 123 Å². The van der Waals surface area contributed by atoms with Gasteiger partial charge in [-0.05, 0) is 26.2 Å². The van der Waals surface area contributed by atoms with Crippen LogP contribution in [0.4, 0.5) is 0 Å². The average Bonchev–Trinajstić information content (AvgIpc) is 2.90. The minimum absolute atomic E-state index is 0.00708. The van der Waals surface area contributed by atoms with Gasteiger partial charge in [0, 0.05) is 37.2 Å². The predicted molar refractivity (Wildman–Crippen MR) is 92.9 cm³/mol. The van der Waals surface area contributed by atoms with Gasteiger partial charge < -0.3 is 19.6 Å². The molecule has 2 aliphatic rings. The van der Waals surface area contributed by atoms with Crippen LogP contribution in [0.1, 0.15) is 37.2 Å². The quantitative estimate of drug-likeness (QED) is 0.769. The van der Waals surface area contributed by atoms with Crippen LogP contribution in [0.2, 0.25) is 0 Å². The number of hydrogen-bond donors (Lipinski definition) is 2. The molecule has 0 aliphatic carbocycles. The van der Waals surface area contributed by atoms with Gasteiger partial charge in [-0.15, -0.1) is 0 Å². The number of nitrogens with one attached hydrogen (secondary N) is 1. The molecule has 0 radical (unpaired) electrons. The summed E-state index contributed by atoms with van der Waals surface area (Å²) in [5.74, 6) is -0.313. The zero-order valence-corrected chi connectivity index (χ0v) is 15.4. The lowest BCUT2D eigenvalue weighted by molar-refractivity contribution is -0.124. The van der Waals surface area contributed by atoms with Crippen molar-refractivity contribution in [2.24, 2.45) is 0 Å². The van der Waals surface area contributed by atoms with Crippen LogP contribution in [-0.4, -0.2) is 50.2 Å². The number of aromatic hydroxyl groups is 1. The molecule has 9 heteroatoms. The highest BCUT2D eigenvalue weighted by molar-refractivity contribution is 7.91. The van der Waals surface area contributed by atoms with E-state index in [4.69, 9.17) is 9.15 Å². The molecule has 3 rings (SSSR count). The monoisotopic (exact) mass is 385 g/mol. The Hall–Kier alpha value is -1.87. The van der Waals surface area contributed by atoms with E-state index >= 15 is 0 Å². The summed E-state index contributed by atoms with van der Waals surface area (Å²) in [5.41, 5.74) is -1.40. The van der Waals surface area contributed by atoms with Gasteiger partial charge in [0.2, 0.25) is 17.1 Å². The zero-order valence-electron chi connectivity index (χ0n) is 14.6. The largest absolute Gasteiger partial charge is 0.502 e.